The van der Waals surface area contributed by atoms with Gasteiger partial charge in [0.05, 0.1) is 11.0 Å². The first-order chi connectivity index (χ1) is 8.53. The van der Waals surface area contributed by atoms with Gasteiger partial charge in [0.25, 0.3) is 0 Å². The van der Waals surface area contributed by atoms with Crippen LogP contribution in [0.1, 0.15) is 13.3 Å². The molecule has 1 aromatic rings. The number of aliphatic hydroxyl groups excluding tert-OH is 1. The molecule has 6 heteroatoms. The minimum absolute atomic E-state index is 0.271. The lowest BCUT2D eigenvalue weighted by atomic mass is 10.3. The zero-order valence-corrected chi connectivity index (χ0v) is 11.2. The molecule has 0 radical (unpaired) electrons. The Labute approximate surface area is 107 Å². The predicted octanol–water partition coefficient (Wildman–Crippen LogP) is 0.556. The molecule has 0 aromatic heterocycles. The molecule has 1 fully saturated rings. The van der Waals surface area contributed by atoms with Gasteiger partial charge in [0, 0.05) is 25.3 Å². The fourth-order valence-electron chi connectivity index (χ4n) is 2.09. The molecule has 1 saturated heterocycles. The van der Waals surface area contributed by atoms with Crippen LogP contribution in [0.5, 0.6) is 0 Å². The first kappa shape index (κ1) is 13.3. The normalized spacial score (nSPS) is 20.3. The van der Waals surface area contributed by atoms with Crippen molar-refractivity contribution in [1.29, 1.82) is 0 Å². The van der Waals surface area contributed by atoms with Crippen molar-refractivity contribution in [3.05, 3.63) is 24.3 Å². The van der Waals surface area contributed by atoms with Crippen LogP contribution < -0.4 is 9.62 Å². The van der Waals surface area contributed by atoms with Crippen LogP contribution in [0.4, 0.5) is 5.69 Å². The molecule has 1 aliphatic heterocycles. The predicted molar refractivity (Wildman–Crippen MR) is 70.1 cm³/mol. The molecule has 100 valence electrons. The molecule has 0 aliphatic carbocycles. The topological polar surface area (TPSA) is 69.6 Å². The van der Waals surface area contributed by atoms with Gasteiger partial charge in [-0.3, -0.25) is 0 Å². The Morgan fingerprint density at radius 2 is 2.06 bits per heavy atom. The van der Waals surface area contributed by atoms with Gasteiger partial charge < -0.3 is 10.0 Å². The molecule has 0 saturated carbocycles. The van der Waals surface area contributed by atoms with Gasteiger partial charge in [-0.25, -0.2) is 13.1 Å². The Morgan fingerprint density at radius 1 is 1.39 bits per heavy atom. The lowest BCUT2D eigenvalue weighted by Crippen LogP contribution is -2.24. The Morgan fingerprint density at radius 3 is 2.56 bits per heavy atom. The molecule has 0 amide bonds. The second kappa shape index (κ2) is 5.26. The molecule has 18 heavy (non-hydrogen) atoms. The number of anilines is 1. The van der Waals surface area contributed by atoms with Crippen LogP contribution in [0, 0.1) is 0 Å². The number of nitrogens with one attached hydrogen (secondary N) is 1. The van der Waals surface area contributed by atoms with Gasteiger partial charge in [0.2, 0.25) is 10.0 Å². The van der Waals surface area contributed by atoms with Gasteiger partial charge >= 0.3 is 0 Å². The van der Waals surface area contributed by atoms with Crippen LogP contribution in [0.2, 0.25) is 0 Å². The van der Waals surface area contributed by atoms with E-state index in [0.29, 0.717) is 13.1 Å². The number of hydrogen-bond donors (Lipinski definition) is 2. The van der Waals surface area contributed by atoms with Crippen molar-refractivity contribution in [2.45, 2.75) is 24.3 Å². The van der Waals surface area contributed by atoms with Gasteiger partial charge in [0.15, 0.2) is 0 Å². The van der Waals surface area contributed by atoms with E-state index < -0.39 is 10.0 Å². The van der Waals surface area contributed by atoms with E-state index in [4.69, 9.17) is 0 Å². The lowest BCUT2D eigenvalue weighted by molar-refractivity contribution is 0.198. The summed E-state index contributed by atoms with van der Waals surface area (Å²) in [4.78, 5) is 2.32. The zero-order chi connectivity index (χ0) is 13.2. The molecule has 5 nitrogen and oxygen atoms in total. The first-order valence-corrected chi connectivity index (χ1v) is 7.54. The lowest BCUT2D eigenvalue weighted by Gasteiger charge is -2.18. The van der Waals surface area contributed by atoms with Crippen molar-refractivity contribution in [2.24, 2.45) is 0 Å². The molecular formula is C12H18N2O3S. The molecule has 1 aromatic carbocycles. The Kier molecular flexibility index (Phi) is 3.89. The quantitative estimate of drug-likeness (QED) is 0.838. The van der Waals surface area contributed by atoms with Gasteiger partial charge in [-0.15, -0.1) is 0 Å². The van der Waals surface area contributed by atoms with E-state index in [1.165, 1.54) is 0 Å². The minimum atomic E-state index is -3.38. The number of β-amino-alcohol motifs (C(OH)–C–C–N with tert-alkyl or cyclic N) is 1. The molecular weight excluding hydrogens is 252 g/mol. The minimum Gasteiger partial charge on any atom is -0.391 e. The molecule has 1 aliphatic rings. The summed E-state index contributed by atoms with van der Waals surface area (Å²) in [5.41, 5.74) is 0.946. The molecule has 1 heterocycles. The largest absolute Gasteiger partial charge is 0.391 e. The highest BCUT2D eigenvalue weighted by atomic mass is 32.2. The monoisotopic (exact) mass is 270 g/mol. The zero-order valence-electron chi connectivity index (χ0n) is 10.3. The summed E-state index contributed by atoms with van der Waals surface area (Å²) >= 11 is 0. The van der Waals surface area contributed by atoms with Crippen LogP contribution >= 0.6 is 0 Å². The van der Waals surface area contributed by atoms with E-state index in [2.05, 4.69) is 4.72 Å². The maximum atomic E-state index is 11.8. The standard InChI is InChI=1S/C12H18N2O3S/c1-2-13-18(16,17)12-5-3-10(4-6-12)14-8-7-11(15)9-14/h3-6,11,13,15H,2,7-9H2,1H3/t11-/m0/s1. The fourth-order valence-corrected chi connectivity index (χ4v) is 3.13. The maximum Gasteiger partial charge on any atom is 0.240 e. The number of rotatable bonds is 4. The molecule has 2 rings (SSSR count). The molecule has 0 spiro atoms. The van der Waals surface area contributed by atoms with E-state index >= 15 is 0 Å². The number of sulfonamides is 1. The second-order valence-electron chi connectivity index (χ2n) is 4.38. The van der Waals surface area contributed by atoms with Crippen molar-refractivity contribution in [3.8, 4) is 0 Å². The number of nitrogens with zero attached hydrogens (tertiary/aromatic N) is 1. The SMILES string of the molecule is CCNS(=O)(=O)c1ccc(N2CC[C@H](O)C2)cc1. The smallest absolute Gasteiger partial charge is 0.240 e. The van der Waals surface area contributed by atoms with Gasteiger partial charge in [0.1, 0.15) is 0 Å². The van der Waals surface area contributed by atoms with Crippen LogP contribution in [0.3, 0.4) is 0 Å². The van der Waals surface area contributed by atoms with Crippen molar-refractivity contribution in [1.82, 2.24) is 4.72 Å². The number of benzene rings is 1. The van der Waals surface area contributed by atoms with E-state index in [0.717, 1.165) is 18.7 Å². The fraction of sp³-hybridized carbons (Fsp3) is 0.500. The summed E-state index contributed by atoms with van der Waals surface area (Å²) in [6.07, 6.45) is 0.479. The summed E-state index contributed by atoms with van der Waals surface area (Å²) in [5, 5.41) is 9.47. The van der Waals surface area contributed by atoms with Crippen LogP contribution in [-0.4, -0.2) is 39.3 Å². The average molecular weight is 270 g/mol. The van der Waals surface area contributed by atoms with Crippen LogP contribution in [0.15, 0.2) is 29.2 Å². The summed E-state index contributed by atoms with van der Waals surface area (Å²) in [7, 11) is -3.38. The third-order valence-electron chi connectivity index (χ3n) is 3.01. The van der Waals surface area contributed by atoms with Crippen molar-refractivity contribution in [2.75, 3.05) is 24.5 Å². The van der Waals surface area contributed by atoms with Gasteiger partial charge in [-0.05, 0) is 30.7 Å². The Balaban J connectivity index is 2.15. The van der Waals surface area contributed by atoms with Crippen molar-refractivity contribution in [3.63, 3.8) is 0 Å². The van der Waals surface area contributed by atoms with E-state index in [1.807, 2.05) is 4.90 Å². The number of aliphatic hydroxyl groups is 1. The highest BCUT2D eigenvalue weighted by molar-refractivity contribution is 7.89. The Bertz CT molecular complexity index is 499. The van der Waals surface area contributed by atoms with E-state index in [1.54, 1.807) is 31.2 Å². The first-order valence-electron chi connectivity index (χ1n) is 6.05. The molecule has 1 atom stereocenters. The second-order valence-corrected chi connectivity index (χ2v) is 6.15. The number of hydrogen-bond acceptors (Lipinski definition) is 4. The van der Waals surface area contributed by atoms with Crippen molar-refractivity contribution < 1.29 is 13.5 Å². The summed E-state index contributed by atoms with van der Waals surface area (Å²) in [6.45, 7) is 3.54. The van der Waals surface area contributed by atoms with Crippen LogP contribution in [-0.2, 0) is 10.0 Å². The molecule has 0 unspecified atom stereocenters. The maximum absolute atomic E-state index is 11.8. The van der Waals surface area contributed by atoms with Gasteiger partial charge in [-0.2, -0.15) is 0 Å². The third kappa shape index (κ3) is 2.82. The molecule has 2 N–H and O–H groups in total. The summed E-state index contributed by atoms with van der Waals surface area (Å²) in [5.74, 6) is 0. The summed E-state index contributed by atoms with van der Waals surface area (Å²) < 4.78 is 26.0. The third-order valence-corrected chi connectivity index (χ3v) is 4.57. The van der Waals surface area contributed by atoms with Gasteiger partial charge in [-0.1, -0.05) is 6.92 Å². The Hall–Kier alpha value is -1.11. The van der Waals surface area contributed by atoms with Crippen LogP contribution in [0.25, 0.3) is 0 Å². The highest BCUT2D eigenvalue weighted by Gasteiger charge is 2.21. The average Bonchev–Trinajstić information content (AvgIpc) is 2.76. The molecule has 0 bridgehead atoms. The van der Waals surface area contributed by atoms with E-state index in [9.17, 15) is 13.5 Å². The van der Waals surface area contributed by atoms with E-state index in [-0.39, 0.29) is 11.0 Å². The summed E-state index contributed by atoms with van der Waals surface area (Å²) in [6, 6.07) is 6.75. The highest BCUT2D eigenvalue weighted by Crippen LogP contribution is 2.22. The van der Waals surface area contributed by atoms with Crippen molar-refractivity contribution >= 4 is 15.7 Å².